The van der Waals surface area contributed by atoms with E-state index >= 15 is 0 Å². The van der Waals surface area contributed by atoms with E-state index in [0.29, 0.717) is 11.6 Å². The summed E-state index contributed by atoms with van der Waals surface area (Å²) < 4.78 is 2.02. The molecule has 0 atom stereocenters. The summed E-state index contributed by atoms with van der Waals surface area (Å²) in [7, 11) is 0. The van der Waals surface area contributed by atoms with Crippen molar-refractivity contribution in [3.8, 4) is 0 Å². The van der Waals surface area contributed by atoms with Crippen LogP contribution < -0.4 is 5.73 Å². The van der Waals surface area contributed by atoms with Crippen molar-refractivity contribution in [1.82, 2.24) is 19.4 Å². The molecular weight excluding hydrogens is 238 g/mol. The Morgan fingerprint density at radius 1 is 1.21 bits per heavy atom. The Morgan fingerprint density at radius 2 is 2.11 bits per heavy atom. The van der Waals surface area contributed by atoms with E-state index < -0.39 is 0 Å². The van der Waals surface area contributed by atoms with E-state index in [1.54, 1.807) is 6.20 Å². The molecule has 2 N–H and O–H groups in total. The molecule has 0 amide bonds. The number of aromatic nitrogens is 4. The number of nitrogens with two attached hydrogens (primary N) is 1. The molecule has 0 saturated heterocycles. The number of fused-ring (bicyclic) bond motifs is 1. The van der Waals surface area contributed by atoms with Crippen LogP contribution in [0.1, 0.15) is 17.1 Å². The molecule has 0 saturated carbocycles. The topological polar surface area (TPSA) is 69.1 Å². The van der Waals surface area contributed by atoms with Crippen LogP contribution in [-0.4, -0.2) is 19.4 Å². The number of hydrogen-bond acceptors (Lipinski definition) is 4. The molecule has 3 rings (SSSR count). The molecule has 0 fully saturated rings. The van der Waals surface area contributed by atoms with Crippen molar-refractivity contribution < 1.29 is 0 Å². The Hall–Kier alpha value is -2.43. The first-order valence-corrected chi connectivity index (χ1v) is 6.23. The second kappa shape index (κ2) is 4.68. The molecule has 3 heterocycles. The molecule has 0 aliphatic heterocycles. The number of imidazole rings is 1. The van der Waals surface area contributed by atoms with Gasteiger partial charge in [0.05, 0.1) is 5.69 Å². The van der Waals surface area contributed by atoms with Gasteiger partial charge in [-0.3, -0.25) is 0 Å². The van der Waals surface area contributed by atoms with Gasteiger partial charge in [0.25, 0.3) is 0 Å². The van der Waals surface area contributed by atoms with Gasteiger partial charge in [-0.25, -0.2) is 15.0 Å². The van der Waals surface area contributed by atoms with E-state index in [1.165, 1.54) is 0 Å². The van der Waals surface area contributed by atoms with Crippen molar-refractivity contribution in [3.05, 3.63) is 53.9 Å². The molecule has 0 unspecified atom stereocenters. The Balaban J connectivity index is 1.78. The number of hydrogen-bond donors (Lipinski definition) is 1. The van der Waals surface area contributed by atoms with E-state index in [1.807, 2.05) is 41.9 Å². The minimum Gasteiger partial charge on any atom is -0.383 e. The van der Waals surface area contributed by atoms with Crippen LogP contribution in [0.4, 0.5) is 5.82 Å². The van der Waals surface area contributed by atoms with Crippen molar-refractivity contribution in [2.24, 2.45) is 0 Å². The number of pyridine rings is 1. The van der Waals surface area contributed by atoms with Gasteiger partial charge in [-0.1, -0.05) is 6.07 Å². The summed E-state index contributed by atoms with van der Waals surface area (Å²) >= 11 is 0. The van der Waals surface area contributed by atoms with Crippen LogP contribution >= 0.6 is 0 Å². The third kappa shape index (κ3) is 2.40. The fraction of sp³-hybridized carbons (Fsp3) is 0.214. The molecular formula is C14H15N5. The maximum Gasteiger partial charge on any atom is 0.136 e. The summed E-state index contributed by atoms with van der Waals surface area (Å²) in [6.07, 6.45) is 7.47. The Morgan fingerprint density at radius 3 is 2.89 bits per heavy atom. The van der Waals surface area contributed by atoms with Gasteiger partial charge in [0.15, 0.2) is 0 Å². The molecule has 3 aromatic rings. The maximum absolute atomic E-state index is 5.88. The lowest BCUT2D eigenvalue weighted by molar-refractivity contribution is 0.901. The van der Waals surface area contributed by atoms with Crippen LogP contribution in [0, 0.1) is 6.92 Å². The zero-order chi connectivity index (χ0) is 13.2. The first kappa shape index (κ1) is 11.6. The number of nitrogens with zero attached hydrogens (tertiary/aromatic N) is 4. The predicted octanol–water partition coefficient (Wildman–Crippen LogP) is 1.80. The average Bonchev–Trinajstić information content (AvgIpc) is 2.80. The van der Waals surface area contributed by atoms with Crippen LogP contribution in [0.3, 0.4) is 0 Å². The summed E-state index contributed by atoms with van der Waals surface area (Å²) in [5, 5.41) is 0. The van der Waals surface area contributed by atoms with Gasteiger partial charge < -0.3 is 10.1 Å². The first-order chi connectivity index (χ1) is 9.22. The smallest absolute Gasteiger partial charge is 0.136 e. The molecule has 3 aromatic heterocycles. The third-order valence-electron chi connectivity index (χ3n) is 3.08. The van der Waals surface area contributed by atoms with Crippen molar-refractivity contribution >= 4 is 11.5 Å². The highest BCUT2D eigenvalue weighted by Gasteiger charge is 2.05. The standard InChI is InChI=1S/C14H15N5/c1-10-16-8-11(14(15)17-10)5-6-12-9-19-7-3-2-4-13(19)18-12/h2-4,7-9H,5-6H2,1H3,(H2,15,16,17). The van der Waals surface area contributed by atoms with Gasteiger partial charge in [0.2, 0.25) is 0 Å². The lowest BCUT2D eigenvalue weighted by atomic mass is 10.1. The molecule has 0 radical (unpaired) electrons. The molecule has 0 aromatic carbocycles. The predicted molar refractivity (Wildman–Crippen MR) is 73.8 cm³/mol. The second-order valence-corrected chi connectivity index (χ2v) is 4.53. The fourth-order valence-corrected chi connectivity index (χ4v) is 2.08. The van der Waals surface area contributed by atoms with Crippen molar-refractivity contribution in [3.63, 3.8) is 0 Å². The van der Waals surface area contributed by atoms with Gasteiger partial charge in [0, 0.05) is 24.2 Å². The molecule has 0 bridgehead atoms. The summed E-state index contributed by atoms with van der Waals surface area (Å²) in [6, 6.07) is 5.97. The Labute approximate surface area is 111 Å². The van der Waals surface area contributed by atoms with Crippen LogP contribution in [0.2, 0.25) is 0 Å². The van der Waals surface area contributed by atoms with Gasteiger partial charge >= 0.3 is 0 Å². The summed E-state index contributed by atoms with van der Waals surface area (Å²) in [4.78, 5) is 12.9. The van der Waals surface area contributed by atoms with Crippen molar-refractivity contribution in [2.45, 2.75) is 19.8 Å². The lowest BCUT2D eigenvalue weighted by Gasteiger charge is -2.03. The number of nitrogen functional groups attached to an aromatic ring is 1. The van der Waals surface area contributed by atoms with E-state index in [-0.39, 0.29) is 0 Å². The van der Waals surface area contributed by atoms with Crippen LogP contribution in [0.5, 0.6) is 0 Å². The lowest BCUT2D eigenvalue weighted by Crippen LogP contribution is -2.03. The molecule has 0 spiro atoms. The minimum atomic E-state index is 0.566. The monoisotopic (exact) mass is 253 g/mol. The van der Waals surface area contributed by atoms with Crippen LogP contribution in [-0.2, 0) is 12.8 Å². The zero-order valence-electron chi connectivity index (χ0n) is 10.7. The van der Waals surface area contributed by atoms with E-state index in [9.17, 15) is 0 Å². The van der Waals surface area contributed by atoms with E-state index in [0.717, 1.165) is 29.7 Å². The van der Waals surface area contributed by atoms with Gasteiger partial charge in [0.1, 0.15) is 17.3 Å². The van der Waals surface area contributed by atoms with Crippen LogP contribution in [0.25, 0.3) is 5.65 Å². The van der Waals surface area contributed by atoms with Gasteiger partial charge in [-0.05, 0) is 31.9 Å². The Kier molecular flexibility index (Phi) is 2.87. The summed E-state index contributed by atoms with van der Waals surface area (Å²) in [5.41, 5.74) is 8.87. The highest BCUT2D eigenvalue weighted by molar-refractivity contribution is 5.40. The molecule has 96 valence electrons. The molecule has 19 heavy (non-hydrogen) atoms. The van der Waals surface area contributed by atoms with Gasteiger partial charge in [-0.2, -0.15) is 0 Å². The van der Waals surface area contributed by atoms with Crippen molar-refractivity contribution in [2.75, 3.05) is 5.73 Å². The number of aryl methyl sites for hydroxylation is 3. The van der Waals surface area contributed by atoms with E-state index in [4.69, 9.17) is 5.73 Å². The SMILES string of the molecule is Cc1ncc(CCc2cn3ccccc3n2)c(N)n1. The van der Waals surface area contributed by atoms with Crippen LogP contribution in [0.15, 0.2) is 36.8 Å². The Bertz CT molecular complexity index is 684. The number of anilines is 1. The zero-order valence-corrected chi connectivity index (χ0v) is 10.7. The quantitative estimate of drug-likeness (QED) is 0.772. The average molecular weight is 253 g/mol. The largest absolute Gasteiger partial charge is 0.383 e. The summed E-state index contributed by atoms with van der Waals surface area (Å²) in [5.74, 6) is 1.27. The van der Waals surface area contributed by atoms with Gasteiger partial charge in [-0.15, -0.1) is 0 Å². The fourth-order valence-electron chi connectivity index (χ4n) is 2.08. The third-order valence-corrected chi connectivity index (χ3v) is 3.08. The number of rotatable bonds is 3. The summed E-state index contributed by atoms with van der Waals surface area (Å²) in [6.45, 7) is 1.84. The van der Waals surface area contributed by atoms with E-state index in [2.05, 4.69) is 15.0 Å². The minimum absolute atomic E-state index is 0.566. The second-order valence-electron chi connectivity index (χ2n) is 4.53. The molecule has 0 aliphatic rings. The molecule has 0 aliphatic carbocycles. The van der Waals surface area contributed by atoms with Crippen molar-refractivity contribution in [1.29, 1.82) is 0 Å². The maximum atomic E-state index is 5.88. The highest BCUT2D eigenvalue weighted by Crippen LogP contribution is 2.12. The normalized spacial score (nSPS) is 11.0. The molecule has 5 heteroatoms. The molecule has 5 nitrogen and oxygen atoms in total. The highest BCUT2D eigenvalue weighted by atomic mass is 15.0. The first-order valence-electron chi connectivity index (χ1n) is 6.23.